The lowest BCUT2D eigenvalue weighted by molar-refractivity contribution is 0.194. The molecule has 2 aromatic carbocycles. The lowest BCUT2D eigenvalue weighted by Gasteiger charge is -2.36. The number of amides is 2. The SMILES string of the molecule is O=C(NCCc1cccc(Cl)c1)N1CCN(c2cccc3cccnc23)CC1. The molecule has 3 aromatic rings. The van der Waals surface area contributed by atoms with Crippen LogP contribution in [-0.4, -0.2) is 48.6 Å². The Morgan fingerprint density at radius 2 is 1.82 bits per heavy atom. The first-order chi connectivity index (χ1) is 13.7. The minimum atomic E-state index is -0.00211. The van der Waals surface area contributed by atoms with Gasteiger partial charge in [0.15, 0.2) is 0 Å². The van der Waals surface area contributed by atoms with Crippen LogP contribution >= 0.6 is 11.6 Å². The number of fused-ring (bicyclic) bond motifs is 1. The molecule has 1 aliphatic rings. The number of nitrogens with zero attached hydrogens (tertiary/aromatic N) is 3. The molecule has 0 bridgehead atoms. The molecule has 144 valence electrons. The predicted molar refractivity (Wildman–Crippen MR) is 114 cm³/mol. The van der Waals surface area contributed by atoms with Crippen molar-refractivity contribution in [2.75, 3.05) is 37.6 Å². The molecule has 0 saturated carbocycles. The molecule has 4 rings (SSSR count). The first-order valence-corrected chi connectivity index (χ1v) is 9.94. The standard InChI is InChI=1S/C22H23ClN4O/c23-19-7-1-4-17(16-19)9-11-25-22(28)27-14-12-26(13-15-27)20-8-2-5-18-6-3-10-24-21(18)20/h1-8,10,16H,9,11-15H2,(H,25,28). The van der Waals surface area contributed by atoms with Crippen molar-refractivity contribution in [2.24, 2.45) is 0 Å². The minimum Gasteiger partial charge on any atom is -0.366 e. The van der Waals surface area contributed by atoms with Crippen LogP contribution in [0.5, 0.6) is 0 Å². The number of nitrogens with one attached hydrogen (secondary N) is 1. The van der Waals surface area contributed by atoms with Crippen LogP contribution < -0.4 is 10.2 Å². The summed E-state index contributed by atoms with van der Waals surface area (Å²) in [4.78, 5) is 21.2. The number of aromatic nitrogens is 1. The molecule has 28 heavy (non-hydrogen) atoms. The van der Waals surface area contributed by atoms with Crippen molar-refractivity contribution in [1.29, 1.82) is 0 Å². The van der Waals surface area contributed by atoms with Crippen LogP contribution in [0.3, 0.4) is 0 Å². The van der Waals surface area contributed by atoms with Gasteiger partial charge in [0, 0.05) is 49.3 Å². The molecule has 5 nitrogen and oxygen atoms in total. The zero-order valence-corrected chi connectivity index (χ0v) is 16.4. The van der Waals surface area contributed by atoms with Gasteiger partial charge in [0.2, 0.25) is 0 Å². The van der Waals surface area contributed by atoms with Gasteiger partial charge in [-0.05, 0) is 36.2 Å². The van der Waals surface area contributed by atoms with Gasteiger partial charge >= 0.3 is 6.03 Å². The predicted octanol–water partition coefficient (Wildman–Crippen LogP) is 3.96. The molecule has 1 aromatic heterocycles. The summed E-state index contributed by atoms with van der Waals surface area (Å²) < 4.78 is 0. The zero-order chi connectivity index (χ0) is 19.3. The summed E-state index contributed by atoms with van der Waals surface area (Å²) in [5.74, 6) is 0. The Balaban J connectivity index is 1.30. The fourth-order valence-electron chi connectivity index (χ4n) is 3.61. The lowest BCUT2D eigenvalue weighted by Crippen LogP contribution is -2.52. The maximum Gasteiger partial charge on any atom is 0.317 e. The van der Waals surface area contributed by atoms with E-state index in [0.717, 1.165) is 46.7 Å². The highest BCUT2D eigenvalue weighted by atomic mass is 35.5. The average Bonchev–Trinajstić information content (AvgIpc) is 2.73. The summed E-state index contributed by atoms with van der Waals surface area (Å²) in [6.07, 6.45) is 2.60. The van der Waals surface area contributed by atoms with E-state index in [1.54, 1.807) is 0 Å². The van der Waals surface area contributed by atoms with E-state index in [9.17, 15) is 4.79 Å². The second kappa shape index (κ2) is 8.48. The summed E-state index contributed by atoms with van der Waals surface area (Å²) in [6, 6.07) is 18.0. The highest BCUT2D eigenvalue weighted by molar-refractivity contribution is 6.30. The summed E-state index contributed by atoms with van der Waals surface area (Å²) in [7, 11) is 0. The van der Waals surface area contributed by atoms with Gasteiger partial charge in [-0.2, -0.15) is 0 Å². The highest BCUT2D eigenvalue weighted by Gasteiger charge is 2.22. The maximum absolute atomic E-state index is 12.5. The molecule has 1 aliphatic heterocycles. The number of carbonyl (C=O) groups is 1. The smallest absolute Gasteiger partial charge is 0.317 e. The van der Waals surface area contributed by atoms with Gasteiger partial charge in [-0.25, -0.2) is 4.79 Å². The van der Waals surface area contributed by atoms with E-state index in [4.69, 9.17) is 11.6 Å². The molecule has 1 saturated heterocycles. The molecule has 1 N–H and O–H groups in total. The van der Waals surface area contributed by atoms with Gasteiger partial charge in [-0.1, -0.05) is 41.9 Å². The molecular weight excluding hydrogens is 372 g/mol. The summed E-state index contributed by atoms with van der Waals surface area (Å²) >= 11 is 6.00. The monoisotopic (exact) mass is 394 g/mol. The molecule has 2 heterocycles. The number of benzene rings is 2. The number of halogens is 1. The van der Waals surface area contributed by atoms with Crippen molar-refractivity contribution < 1.29 is 4.79 Å². The van der Waals surface area contributed by atoms with Crippen molar-refractivity contribution in [2.45, 2.75) is 6.42 Å². The average molecular weight is 395 g/mol. The van der Waals surface area contributed by atoms with Crippen molar-refractivity contribution in [3.05, 3.63) is 71.4 Å². The van der Waals surface area contributed by atoms with E-state index < -0.39 is 0 Å². The second-order valence-corrected chi connectivity index (χ2v) is 7.37. The number of para-hydroxylation sites is 1. The summed E-state index contributed by atoms with van der Waals surface area (Å²) in [5.41, 5.74) is 3.28. The number of piperazine rings is 1. The number of anilines is 1. The Morgan fingerprint density at radius 1 is 1.04 bits per heavy atom. The van der Waals surface area contributed by atoms with Gasteiger partial charge in [-0.15, -0.1) is 0 Å². The van der Waals surface area contributed by atoms with Crippen LogP contribution in [0.1, 0.15) is 5.56 Å². The topological polar surface area (TPSA) is 48.5 Å². The lowest BCUT2D eigenvalue weighted by atomic mass is 10.1. The number of rotatable bonds is 4. The van der Waals surface area contributed by atoms with Crippen LogP contribution in [0.4, 0.5) is 10.5 Å². The number of pyridine rings is 1. The largest absolute Gasteiger partial charge is 0.366 e. The van der Waals surface area contributed by atoms with Crippen LogP contribution in [0.15, 0.2) is 60.8 Å². The van der Waals surface area contributed by atoms with E-state index >= 15 is 0 Å². The van der Waals surface area contributed by atoms with Crippen molar-refractivity contribution in [1.82, 2.24) is 15.2 Å². The molecule has 6 heteroatoms. The summed E-state index contributed by atoms with van der Waals surface area (Å²) in [6.45, 7) is 3.61. The molecule has 0 atom stereocenters. The third-order valence-electron chi connectivity index (χ3n) is 5.10. The van der Waals surface area contributed by atoms with Crippen molar-refractivity contribution in [3.63, 3.8) is 0 Å². The van der Waals surface area contributed by atoms with Crippen molar-refractivity contribution >= 4 is 34.2 Å². The Morgan fingerprint density at radius 3 is 2.64 bits per heavy atom. The highest BCUT2D eigenvalue weighted by Crippen LogP contribution is 2.25. The van der Waals surface area contributed by atoms with E-state index in [2.05, 4.69) is 39.5 Å². The van der Waals surface area contributed by atoms with Crippen LogP contribution in [-0.2, 0) is 6.42 Å². The molecule has 2 amide bonds. The zero-order valence-electron chi connectivity index (χ0n) is 15.6. The normalized spacial score (nSPS) is 14.3. The van der Waals surface area contributed by atoms with Gasteiger partial charge in [-0.3, -0.25) is 4.98 Å². The number of hydrogen-bond donors (Lipinski definition) is 1. The first kappa shape index (κ1) is 18.6. The Labute approximate surface area is 169 Å². The number of carbonyl (C=O) groups excluding carboxylic acids is 1. The van der Waals surface area contributed by atoms with Gasteiger partial charge in [0.05, 0.1) is 11.2 Å². The molecule has 0 aliphatic carbocycles. The van der Waals surface area contributed by atoms with E-state index in [-0.39, 0.29) is 6.03 Å². The first-order valence-electron chi connectivity index (χ1n) is 9.56. The Hall–Kier alpha value is -2.79. The van der Waals surface area contributed by atoms with Crippen molar-refractivity contribution in [3.8, 4) is 0 Å². The fourth-order valence-corrected chi connectivity index (χ4v) is 3.82. The van der Waals surface area contributed by atoms with Crippen LogP contribution in [0, 0.1) is 0 Å². The third-order valence-corrected chi connectivity index (χ3v) is 5.33. The van der Waals surface area contributed by atoms with Gasteiger partial charge in [0.25, 0.3) is 0 Å². The van der Waals surface area contributed by atoms with E-state index in [1.807, 2.05) is 41.4 Å². The quantitative estimate of drug-likeness (QED) is 0.728. The van der Waals surface area contributed by atoms with E-state index in [0.29, 0.717) is 19.6 Å². The fraction of sp³-hybridized carbons (Fsp3) is 0.273. The number of hydrogen-bond acceptors (Lipinski definition) is 3. The van der Waals surface area contributed by atoms with Crippen LogP contribution in [0.2, 0.25) is 5.02 Å². The maximum atomic E-state index is 12.5. The van der Waals surface area contributed by atoms with Crippen LogP contribution in [0.25, 0.3) is 10.9 Å². The molecule has 0 unspecified atom stereocenters. The summed E-state index contributed by atoms with van der Waals surface area (Å²) in [5, 5.41) is 4.88. The Kier molecular flexibility index (Phi) is 5.63. The number of urea groups is 1. The molecular formula is C22H23ClN4O. The van der Waals surface area contributed by atoms with Gasteiger partial charge < -0.3 is 15.1 Å². The third kappa shape index (κ3) is 4.20. The molecule has 1 fully saturated rings. The second-order valence-electron chi connectivity index (χ2n) is 6.94. The van der Waals surface area contributed by atoms with E-state index in [1.165, 1.54) is 0 Å². The minimum absolute atomic E-state index is 0.00211. The molecule has 0 spiro atoms. The Bertz CT molecular complexity index is 964. The molecule has 0 radical (unpaired) electrons. The van der Waals surface area contributed by atoms with Gasteiger partial charge in [0.1, 0.15) is 0 Å².